The van der Waals surface area contributed by atoms with Crippen molar-refractivity contribution in [2.45, 2.75) is 23.4 Å². The van der Waals surface area contributed by atoms with E-state index in [1.165, 1.54) is 18.0 Å². The van der Waals surface area contributed by atoms with Crippen molar-refractivity contribution in [2.24, 2.45) is 0 Å². The molecule has 1 atom stereocenters. The Labute approximate surface area is 124 Å². The number of thioether (sulfide) groups is 1. The summed E-state index contributed by atoms with van der Waals surface area (Å²) in [7, 11) is 0. The molecule has 100 valence electrons. The van der Waals surface area contributed by atoms with Crippen molar-refractivity contribution in [3.8, 4) is 0 Å². The van der Waals surface area contributed by atoms with E-state index in [4.69, 9.17) is 11.6 Å². The zero-order chi connectivity index (χ0) is 13.8. The van der Waals surface area contributed by atoms with E-state index in [2.05, 4.69) is 15.3 Å². The second kappa shape index (κ2) is 6.36. The maximum Gasteiger partial charge on any atom is 0.238 e. The molecule has 0 unspecified atom stereocenters. The highest BCUT2D eigenvalue weighted by Crippen LogP contribution is 2.27. The highest BCUT2D eigenvalue weighted by Gasteiger charge is 2.16. The van der Waals surface area contributed by atoms with E-state index in [0.717, 1.165) is 10.0 Å². The van der Waals surface area contributed by atoms with Crippen molar-refractivity contribution in [3.05, 3.63) is 34.4 Å². The van der Waals surface area contributed by atoms with Crippen LogP contribution in [0, 0.1) is 6.92 Å². The summed E-state index contributed by atoms with van der Waals surface area (Å²) in [6, 6.07) is 3.36. The molecule has 0 saturated heterocycles. The molecule has 1 amide bonds. The van der Waals surface area contributed by atoms with Gasteiger partial charge in [-0.3, -0.25) is 4.79 Å². The van der Waals surface area contributed by atoms with Gasteiger partial charge in [0, 0.05) is 17.3 Å². The average Bonchev–Trinajstić information content (AvgIpc) is 2.77. The number of anilines is 1. The Bertz CT molecular complexity index is 571. The molecule has 0 radical (unpaired) electrons. The van der Waals surface area contributed by atoms with Crippen LogP contribution in [0.25, 0.3) is 0 Å². The number of nitrogens with zero attached hydrogens (tertiary/aromatic N) is 2. The monoisotopic (exact) mass is 313 g/mol. The van der Waals surface area contributed by atoms with Crippen molar-refractivity contribution in [1.82, 2.24) is 9.97 Å². The predicted octanol–water partition coefficient (Wildman–Crippen LogP) is 3.62. The van der Waals surface area contributed by atoms with Gasteiger partial charge < -0.3 is 5.32 Å². The van der Waals surface area contributed by atoms with Crippen LogP contribution in [0.2, 0.25) is 5.02 Å². The Balaban J connectivity index is 1.94. The van der Waals surface area contributed by atoms with E-state index >= 15 is 0 Å². The Morgan fingerprint density at radius 2 is 2.32 bits per heavy atom. The highest BCUT2D eigenvalue weighted by atomic mass is 35.5. The molecule has 0 spiro atoms. The van der Waals surface area contributed by atoms with E-state index in [9.17, 15) is 4.79 Å². The van der Waals surface area contributed by atoms with Gasteiger partial charge in [0.2, 0.25) is 5.91 Å². The zero-order valence-corrected chi connectivity index (χ0v) is 12.8. The maximum absolute atomic E-state index is 12.0. The normalized spacial score (nSPS) is 12.2. The molecule has 7 heteroatoms. The zero-order valence-electron chi connectivity index (χ0n) is 10.4. The Kier molecular flexibility index (Phi) is 4.79. The van der Waals surface area contributed by atoms with Crippen molar-refractivity contribution in [1.29, 1.82) is 0 Å². The lowest BCUT2D eigenvalue weighted by Crippen LogP contribution is -2.22. The molecule has 0 aliphatic carbocycles. The van der Waals surface area contributed by atoms with Gasteiger partial charge in [0.05, 0.1) is 10.3 Å². The number of carbonyl (C=O) groups excluding carboxylic acids is 1. The number of aromatic nitrogens is 2. The Morgan fingerprint density at radius 3 is 2.89 bits per heavy atom. The van der Waals surface area contributed by atoms with Crippen LogP contribution < -0.4 is 5.32 Å². The second-order valence-corrected chi connectivity index (χ2v) is 6.75. The minimum atomic E-state index is -0.233. The molecule has 0 bridgehead atoms. The molecule has 0 aromatic carbocycles. The minimum Gasteiger partial charge on any atom is -0.310 e. The smallest absolute Gasteiger partial charge is 0.238 e. The molecular formula is C12H12ClN3OS2. The first-order valence-corrected chi connectivity index (χ1v) is 7.69. The van der Waals surface area contributed by atoms with E-state index in [-0.39, 0.29) is 11.2 Å². The first-order chi connectivity index (χ1) is 9.04. The third-order valence-electron chi connectivity index (χ3n) is 2.22. The third-order valence-corrected chi connectivity index (χ3v) is 4.64. The number of thiazole rings is 1. The summed E-state index contributed by atoms with van der Waals surface area (Å²) in [4.78, 5) is 20.3. The van der Waals surface area contributed by atoms with Crippen molar-refractivity contribution >= 4 is 46.4 Å². The highest BCUT2D eigenvalue weighted by molar-refractivity contribution is 8.02. The molecule has 2 rings (SSSR count). The minimum absolute atomic E-state index is 0.104. The van der Waals surface area contributed by atoms with Crippen molar-refractivity contribution in [3.63, 3.8) is 0 Å². The van der Waals surface area contributed by atoms with Crippen molar-refractivity contribution < 1.29 is 4.79 Å². The second-order valence-electron chi connectivity index (χ2n) is 3.87. The summed E-state index contributed by atoms with van der Waals surface area (Å²) in [6.45, 7) is 3.77. The van der Waals surface area contributed by atoms with Gasteiger partial charge in [-0.2, -0.15) is 0 Å². The fraction of sp³-hybridized carbons (Fsp3) is 0.250. The molecular weight excluding hydrogens is 302 g/mol. The van der Waals surface area contributed by atoms with Gasteiger partial charge >= 0.3 is 0 Å². The third kappa shape index (κ3) is 4.19. The quantitative estimate of drug-likeness (QED) is 0.876. The standard InChI is InChI=1S/C12H12ClN3OS2/c1-7-6-18-12(15-7)19-8(2)11(17)16-10-4-3-9(13)5-14-10/h3-6,8H,1-2H3,(H,14,16,17)/t8-/m1/s1. The Hall–Kier alpha value is -1.11. The first kappa shape index (κ1) is 14.3. The topological polar surface area (TPSA) is 54.9 Å². The summed E-state index contributed by atoms with van der Waals surface area (Å²) in [5.41, 5.74) is 0.972. The van der Waals surface area contributed by atoms with Gasteiger partial charge in [0.15, 0.2) is 4.34 Å². The van der Waals surface area contributed by atoms with Crippen LogP contribution in [0.3, 0.4) is 0 Å². The number of aryl methyl sites for hydroxylation is 1. The number of carbonyl (C=O) groups is 1. The molecule has 0 aliphatic rings. The molecule has 0 fully saturated rings. The van der Waals surface area contributed by atoms with Gasteiger partial charge in [-0.05, 0) is 26.0 Å². The van der Waals surface area contributed by atoms with Crippen LogP contribution in [0.4, 0.5) is 5.82 Å². The van der Waals surface area contributed by atoms with E-state index in [0.29, 0.717) is 10.8 Å². The van der Waals surface area contributed by atoms with Crippen LogP contribution in [0.15, 0.2) is 28.0 Å². The number of pyridine rings is 1. The predicted molar refractivity (Wildman–Crippen MR) is 80.0 cm³/mol. The number of hydrogen-bond donors (Lipinski definition) is 1. The van der Waals surface area contributed by atoms with E-state index < -0.39 is 0 Å². The fourth-order valence-electron chi connectivity index (χ4n) is 1.27. The summed E-state index contributed by atoms with van der Waals surface area (Å²) in [5, 5.41) is 5.02. The summed E-state index contributed by atoms with van der Waals surface area (Å²) < 4.78 is 0.893. The lowest BCUT2D eigenvalue weighted by Gasteiger charge is -2.09. The Morgan fingerprint density at radius 1 is 1.53 bits per heavy atom. The van der Waals surface area contributed by atoms with Gasteiger partial charge in [-0.25, -0.2) is 9.97 Å². The molecule has 2 aromatic rings. The number of halogens is 1. The van der Waals surface area contributed by atoms with Crippen LogP contribution in [-0.4, -0.2) is 21.1 Å². The molecule has 4 nitrogen and oxygen atoms in total. The number of rotatable bonds is 4. The first-order valence-electron chi connectivity index (χ1n) is 5.56. The molecule has 2 aromatic heterocycles. The van der Waals surface area contributed by atoms with Gasteiger partial charge in [0.25, 0.3) is 0 Å². The van der Waals surface area contributed by atoms with E-state index in [1.54, 1.807) is 23.5 Å². The molecule has 19 heavy (non-hydrogen) atoms. The summed E-state index contributed by atoms with van der Waals surface area (Å²) >= 11 is 8.71. The maximum atomic E-state index is 12.0. The lowest BCUT2D eigenvalue weighted by atomic mass is 10.4. The number of nitrogens with one attached hydrogen (secondary N) is 1. The number of hydrogen-bond acceptors (Lipinski definition) is 5. The van der Waals surface area contributed by atoms with Crippen LogP contribution in [-0.2, 0) is 4.79 Å². The average molecular weight is 314 g/mol. The van der Waals surface area contributed by atoms with Gasteiger partial charge in [0.1, 0.15) is 5.82 Å². The lowest BCUT2D eigenvalue weighted by molar-refractivity contribution is -0.115. The van der Waals surface area contributed by atoms with Gasteiger partial charge in [-0.15, -0.1) is 11.3 Å². The largest absolute Gasteiger partial charge is 0.310 e. The fourth-order valence-corrected chi connectivity index (χ4v) is 3.37. The van der Waals surface area contributed by atoms with Crippen LogP contribution in [0.1, 0.15) is 12.6 Å². The van der Waals surface area contributed by atoms with E-state index in [1.807, 2.05) is 19.2 Å². The molecule has 2 heterocycles. The molecule has 0 aliphatic heterocycles. The molecule has 1 N–H and O–H groups in total. The summed E-state index contributed by atoms with van der Waals surface area (Å²) in [5.74, 6) is 0.393. The van der Waals surface area contributed by atoms with Crippen molar-refractivity contribution in [2.75, 3.05) is 5.32 Å². The molecule has 0 saturated carbocycles. The SMILES string of the molecule is Cc1csc(S[C@H](C)C(=O)Nc2ccc(Cl)cn2)n1. The van der Waals surface area contributed by atoms with Gasteiger partial charge in [-0.1, -0.05) is 23.4 Å². The number of amides is 1. The van der Waals surface area contributed by atoms with Crippen LogP contribution >= 0.6 is 34.7 Å². The summed E-state index contributed by atoms with van der Waals surface area (Å²) in [6.07, 6.45) is 1.50. The van der Waals surface area contributed by atoms with Crippen LogP contribution in [0.5, 0.6) is 0 Å².